The normalized spacial score (nSPS) is 10.2. The molecule has 0 saturated carbocycles. The minimum atomic E-state index is -0.438. The van der Waals surface area contributed by atoms with Gasteiger partial charge in [-0.1, -0.05) is 12.1 Å². The van der Waals surface area contributed by atoms with E-state index in [-0.39, 0.29) is 5.82 Å². The zero-order valence-electron chi connectivity index (χ0n) is 12.5. The number of rotatable bonds is 4. The van der Waals surface area contributed by atoms with E-state index in [1.54, 1.807) is 24.3 Å². The number of nitrogens with zero attached hydrogens (tertiary/aromatic N) is 1. The maximum atomic E-state index is 13.2. The molecule has 1 aromatic heterocycles. The van der Waals surface area contributed by atoms with E-state index in [0.29, 0.717) is 22.6 Å². The van der Waals surface area contributed by atoms with Crippen LogP contribution in [0.3, 0.4) is 0 Å². The summed E-state index contributed by atoms with van der Waals surface area (Å²) >= 11 is 0. The minimum Gasteiger partial charge on any atom is -0.354 e. The number of aromatic nitrogens is 1. The molecule has 3 aromatic rings. The van der Waals surface area contributed by atoms with E-state index in [9.17, 15) is 13.6 Å². The van der Waals surface area contributed by atoms with Crippen LogP contribution in [0.5, 0.6) is 0 Å². The first-order valence-electron chi connectivity index (χ1n) is 7.15. The van der Waals surface area contributed by atoms with E-state index in [4.69, 9.17) is 0 Å². The van der Waals surface area contributed by atoms with E-state index >= 15 is 0 Å². The molecule has 24 heavy (non-hydrogen) atoms. The van der Waals surface area contributed by atoms with Crippen molar-refractivity contribution < 1.29 is 13.6 Å². The second-order valence-electron chi connectivity index (χ2n) is 5.06. The number of hydrogen-bond donors (Lipinski definition) is 2. The monoisotopic (exact) mass is 325 g/mol. The zero-order valence-corrected chi connectivity index (χ0v) is 12.5. The van der Waals surface area contributed by atoms with Gasteiger partial charge >= 0.3 is 0 Å². The van der Waals surface area contributed by atoms with Gasteiger partial charge in [-0.3, -0.25) is 9.78 Å². The fourth-order valence-electron chi connectivity index (χ4n) is 2.13. The van der Waals surface area contributed by atoms with Crippen molar-refractivity contribution >= 4 is 23.0 Å². The lowest BCUT2D eigenvalue weighted by Crippen LogP contribution is -2.12. The van der Waals surface area contributed by atoms with Gasteiger partial charge in [-0.25, -0.2) is 8.78 Å². The highest BCUT2D eigenvalue weighted by atomic mass is 19.1. The number of benzene rings is 2. The lowest BCUT2D eigenvalue weighted by Gasteiger charge is -2.09. The van der Waals surface area contributed by atoms with Gasteiger partial charge in [-0.15, -0.1) is 0 Å². The topological polar surface area (TPSA) is 54.0 Å². The molecule has 0 aliphatic heterocycles. The molecule has 0 unspecified atom stereocenters. The summed E-state index contributed by atoms with van der Waals surface area (Å²) < 4.78 is 26.4. The molecule has 6 heteroatoms. The number of halogens is 2. The lowest BCUT2D eigenvalue weighted by molar-refractivity contribution is 0.102. The molecule has 1 heterocycles. The van der Waals surface area contributed by atoms with Crippen molar-refractivity contribution in [2.24, 2.45) is 0 Å². The Kier molecular flexibility index (Phi) is 4.47. The summed E-state index contributed by atoms with van der Waals surface area (Å²) in [6.07, 6.45) is 2.91. The van der Waals surface area contributed by atoms with Gasteiger partial charge < -0.3 is 10.6 Å². The number of carbonyl (C=O) groups excluding carboxylic acids is 1. The van der Waals surface area contributed by atoms with Crippen molar-refractivity contribution in [3.8, 4) is 0 Å². The minimum absolute atomic E-state index is 0.292. The number of hydrogen-bond acceptors (Lipinski definition) is 3. The van der Waals surface area contributed by atoms with Crippen LogP contribution in [0.15, 0.2) is 67.0 Å². The average Bonchev–Trinajstić information content (AvgIpc) is 2.55. The summed E-state index contributed by atoms with van der Waals surface area (Å²) in [6.45, 7) is 0. The van der Waals surface area contributed by atoms with Crippen molar-refractivity contribution in [2.75, 3.05) is 10.6 Å². The first kappa shape index (κ1) is 15.6. The van der Waals surface area contributed by atoms with Crippen molar-refractivity contribution in [2.45, 2.75) is 0 Å². The van der Waals surface area contributed by atoms with Crippen LogP contribution in [0.4, 0.5) is 25.8 Å². The lowest BCUT2D eigenvalue weighted by atomic mass is 10.2. The van der Waals surface area contributed by atoms with E-state index in [1.165, 1.54) is 42.7 Å². The van der Waals surface area contributed by atoms with E-state index in [0.717, 1.165) is 0 Å². The van der Waals surface area contributed by atoms with Gasteiger partial charge in [0.15, 0.2) is 0 Å². The zero-order chi connectivity index (χ0) is 16.9. The van der Waals surface area contributed by atoms with Crippen molar-refractivity contribution in [3.63, 3.8) is 0 Å². The van der Waals surface area contributed by atoms with Crippen molar-refractivity contribution in [1.82, 2.24) is 4.98 Å². The van der Waals surface area contributed by atoms with Gasteiger partial charge in [0.1, 0.15) is 11.6 Å². The van der Waals surface area contributed by atoms with Gasteiger partial charge in [-0.2, -0.15) is 0 Å². The molecule has 1 amide bonds. The molecule has 120 valence electrons. The molecule has 0 fully saturated rings. The Balaban J connectivity index is 1.76. The largest absolute Gasteiger partial charge is 0.354 e. The Hall–Kier alpha value is -3.28. The van der Waals surface area contributed by atoms with Crippen LogP contribution >= 0.6 is 0 Å². The number of amides is 1. The van der Waals surface area contributed by atoms with Crippen LogP contribution in [-0.4, -0.2) is 10.9 Å². The first-order valence-corrected chi connectivity index (χ1v) is 7.15. The summed E-state index contributed by atoms with van der Waals surface area (Å²) in [5, 5.41) is 5.56. The first-order chi connectivity index (χ1) is 11.6. The second-order valence-corrected chi connectivity index (χ2v) is 5.06. The number of nitrogens with one attached hydrogen (secondary N) is 2. The van der Waals surface area contributed by atoms with Gasteiger partial charge in [-0.05, 0) is 42.5 Å². The maximum absolute atomic E-state index is 13.2. The molecular weight excluding hydrogens is 312 g/mol. The molecule has 0 radical (unpaired) electrons. The maximum Gasteiger partial charge on any atom is 0.257 e. The van der Waals surface area contributed by atoms with Gasteiger partial charge in [0.25, 0.3) is 5.91 Å². The molecule has 4 nitrogen and oxygen atoms in total. The Bertz CT molecular complexity index is 883. The Labute approximate surface area is 137 Å². The smallest absolute Gasteiger partial charge is 0.257 e. The highest BCUT2D eigenvalue weighted by Gasteiger charge is 2.08. The molecular formula is C18H13F2N3O. The number of pyridine rings is 1. The highest BCUT2D eigenvalue weighted by molar-refractivity contribution is 6.04. The third kappa shape index (κ3) is 3.92. The molecule has 3 rings (SSSR count). The predicted octanol–water partition coefficient (Wildman–Crippen LogP) is 4.36. The Morgan fingerprint density at radius 3 is 2.21 bits per heavy atom. The summed E-state index contributed by atoms with van der Waals surface area (Å²) in [5.41, 5.74) is 1.72. The van der Waals surface area contributed by atoms with E-state index in [2.05, 4.69) is 15.6 Å². The summed E-state index contributed by atoms with van der Waals surface area (Å²) in [4.78, 5) is 16.2. The van der Waals surface area contributed by atoms with Crippen LogP contribution in [0.1, 0.15) is 10.4 Å². The predicted molar refractivity (Wildman–Crippen MR) is 88.3 cm³/mol. The van der Waals surface area contributed by atoms with Crippen molar-refractivity contribution in [1.29, 1.82) is 0 Å². The summed E-state index contributed by atoms with van der Waals surface area (Å²) in [6, 6.07) is 13.1. The standard InChI is InChI=1S/C18H13F2N3O/c19-13-3-1-5-15(8-13)22-17-7-12(10-21-11-17)18(24)23-16-6-2-4-14(20)9-16/h1-11,22H,(H,23,24). The Morgan fingerprint density at radius 1 is 0.833 bits per heavy atom. The quantitative estimate of drug-likeness (QED) is 0.749. The molecule has 0 saturated heterocycles. The van der Waals surface area contributed by atoms with Gasteiger partial charge in [0.2, 0.25) is 0 Å². The molecule has 0 bridgehead atoms. The molecule has 0 atom stereocenters. The SMILES string of the molecule is O=C(Nc1cccc(F)c1)c1cncc(Nc2cccc(F)c2)c1. The van der Waals surface area contributed by atoms with Crippen LogP contribution in [0.25, 0.3) is 0 Å². The third-order valence-corrected chi connectivity index (χ3v) is 3.20. The summed E-state index contributed by atoms with van der Waals surface area (Å²) in [5.74, 6) is -1.23. The van der Waals surface area contributed by atoms with Crippen LogP contribution < -0.4 is 10.6 Å². The highest BCUT2D eigenvalue weighted by Crippen LogP contribution is 2.18. The molecule has 2 aromatic carbocycles. The van der Waals surface area contributed by atoms with Crippen molar-refractivity contribution in [3.05, 3.63) is 84.2 Å². The van der Waals surface area contributed by atoms with Crippen LogP contribution in [0.2, 0.25) is 0 Å². The molecule has 0 aliphatic carbocycles. The van der Waals surface area contributed by atoms with E-state index in [1.807, 2.05) is 0 Å². The van der Waals surface area contributed by atoms with Crippen LogP contribution in [0, 0.1) is 11.6 Å². The summed E-state index contributed by atoms with van der Waals surface area (Å²) in [7, 11) is 0. The number of carbonyl (C=O) groups is 1. The fraction of sp³-hybridized carbons (Fsp3) is 0. The third-order valence-electron chi connectivity index (χ3n) is 3.20. The average molecular weight is 325 g/mol. The Morgan fingerprint density at radius 2 is 1.50 bits per heavy atom. The second kappa shape index (κ2) is 6.87. The molecule has 2 N–H and O–H groups in total. The number of anilines is 3. The van der Waals surface area contributed by atoms with Gasteiger partial charge in [0.05, 0.1) is 17.4 Å². The fourth-order valence-corrected chi connectivity index (χ4v) is 2.13. The van der Waals surface area contributed by atoms with E-state index < -0.39 is 11.7 Å². The molecule has 0 aliphatic rings. The van der Waals surface area contributed by atoms with Gasteiger partial charge in [0, 0.05) is 17.6 Å². The molecule has 0 spiro atoms. The van der Waals surface area contributed by atoms with Crippen LogP contribution in [-0.2, 0) is 0 Å².